The summed E-state index contributed by atoms with van der Waals surface area (Å²) in [5.74, 6) is -0.244. The summed E-state index contributed by atoms with van der Waals surface area (Å²) in [6.07, 6.45) is 2.12. The van der Waals surface area contributed by atoms with Crippen LogP contribution in [-0.4, -0.2) is 36.5 Å². The summed E-state index contributed by atoms with van der Waals surface area (Å²) in [4.78, 5) is 26.5. The lowest BCUT2D eigenvalue weighted by Crippen LogP contribution is -2.41. The Morgan fingerprint density at radius 3 is 2.92 bits per heavy atom. The van der Waals surface area contributed by atoms with Crippen molar-refractivity contribution in [3.63, 3.8) is 0 Å². The maximum Gasteiger partial charge on any atom is 0.350 e. The highest BCUT2D eigenvalue weighted by molar-refractivity contribution is 7.21. The number of rotatable bonds is 3. The molecule has 24 heavy (non-hydrogen) atoms. The Morgan fingerprint density at radius 2 is 2.17 bits per heavy atom. The molecular weight excluding hydrogens is 369 g/mol. The number of ether oxygens (including phenoxy) is 1. The van der Waals surface area contributed by atoms with Crippen molar-refractivity contribution in [3.05, 3.63) is 33.1 Å². The Bertz CT molecular complexity index is 789. The van der Waals surface area contributed by atoms with Gasteiger partial charge in [0.05, 0.1) is 5.02 Å². The lowest BCUT2D eigenvalue weighted by molar-refractivity contribution is -0.136. The third-order valence-electron chi connectivity index (χ3n) is 4.11. The smallest absolute Gasteiger partial charge is 0.350 e. The van der Waals surface area contributed by atoms with Crippen molar-refractivity contribution in [3.8, 4) is 0 Å². The van der Waals surface area contributed by atoms with Gasteiger partial charge in [0.1, 0.15) is 4.88 Å². The average Bonchev–Trinajstić information content (AvgIpc) is 2.88. The first-order chi connectivity index (χ1) is 11.5. The summed E-state index contributed by atoms with van der Waals surface area (Å²) in [6.45, 7) is 3.31. The van der Waals surface area contributed by atoms with Gasteiger partial charge in [0, 0.05) is 28.2 Å². The van der Waals surface area contributed by atoms with Crippen molar-refractivity contribution in [1.29, 1.82) is 0 Å². The summed E-state index contributed by atoms with van der Waals surface area (Å²) >= 11 is 13.4. The summed E-state index contributed by atoms with van der Waals surface area (Å²) in [6, 6.07) is 5.25. The SMILES string of the molecule is C[C@H]1CCCN(C(=O)COC(=O)c2sc3cc(Cl)ccc3c2Cl)C1. The van der Waals surface area contributed by atoms with Crippen molar-refractivity contribution >= 4 is 56.5 Å². The summed E-state index contributed by atoms with van der Waals surface area (Å²) in [7, 11) is 0. The van der Waals surface area contributed by atoms with E-state index in [2.05, 4.69) is 6.92 Å². The highest BCUT2D eigenvalue weighted by Gasteiger charge is 2.24. The first kappa shape index (κ1) is 17.5. The zero-order chi connectivity index (χ0) is 17.3. The Kier molecular flexibility index (Phi) is 5.33. The number of carbonyl (C=O) groups is 2. The van der Waals surface area contributed by atoms with Gasteiger partial charge in [0.15, 0.2) is 6.61 Å². The number of likely N-dealkylation sites (tertiary alicyclic amines) is 1. The van der Waals surface area contributed by atoms with Crippen LogP contribution in [0.1, 0.15) is 29.4 Å². The topological polar surface area (TPSA) is 46.6 Å². The Balaban J connectivity index is 1.67. The molecule has 3 rings (SSSR count). The normalized spacial score (nSPS) is 18.0. The standard InChI is InChI=1S/C17H17Cl2NO3S/c1-10-3-2-6-20(8-10)14(21)9-23-17(22)16-15(19)12-5-4-11(18)7-13(12)24-16/h4-5,7,10H,2-3,6,8-9H2,1H3/t10-/m0/s1. The molecule has 0 spiro atoms. The molecule has 1 aromatic carbocycles. The molecule has 128 valence electrons. The maximum atomic E-state index is 12.3. The number of thiophene rings is 1. The van der Waals surface area contributed by atoms with E-state index in [0.29, 0.717) is 20.8 Å². The number of esters is 1. The number of amides is 1. The minimum absolute atomic E-state index is 0.157. The van der Waals surface area contributed by atoms with Gasteiger partial charge >= 0.3 is 5.97 Å². The van der Waals surface area contributed by atoms with Crippen molar-refractivity contribution in [2.24, 2.45) is 5.92 Å². The molecule has 1 aromatic heterocycles. The second-order valence-electron chi connectivity index (χ2n) is 6.05. The van der Waals surface area contributed by atoms with Crippen LogP contribution in [0.4, 0.5) is 0 Å². The molecule has 0 aliphatic carbocycles. The molecule has 1 fully saturated rings. The Labute approximate surface area is 154 Å². The van der Waals surface area contributed by atoms with Crippen LogP contribution in [0.15, 0.2) is 18.2 Å². The number of hydrogen-bond donors (Lipinski definition) is 0. The first-order valence-electron chi connectivity index (χ1n) is 7.78. The fraction of sp³-hybridized carbons (Fsp3) is 0.412. The second-order valence-corrected chi connectivity index (χ2v) is 7.92. The minimum Gasteiger partial charge on any atom is -0.451 e. The number of hydrogen-bond acceptors (Lipinski definition) is 4. The van der Waals surface area contributed by atoms with Gasteiger partial charge in [-0.05, 0) is 30.9 Å². The van der Waals surface area contributed by atoms with E-state index in [0.717, 1.165) is 36.0 Å². The molecular formula is C17H17Cl2NO3S. The van der Waals surface area contributed by atoms with Crippen LogP contribution in [0, 0.1) is 5.92 Å². The zero-order valence-corrected chi connectivity index (χ0v) is 15.5. The average molecular weight is 386 g/mol. The van der Waals surface area contributed by atoms with E-state index >= 15 is 0 Å². The van der Waals surface area contributed by atoms with Gasteiger partial charge in [-0.1, -0.05) is 36.2 Å². The van der Waals surface area contributed by atoms with Gasteiger partial charge in [-0.25, -0.2) is 4.79 Å². The fourth-order valence-corrected chi connectivity index (χ4v) is 4.55. The molecule has 0 radical (unpaired) electrons. The number of fused-ring (bicyclic) bond motifs is 1. The second kappa shape index (κ2) is 7.30. The van der Waals surface area contributed by atoms with E-state index in [9.17, 15) is 9.59 Å². The zero-order valence-electron chi connectivity index (χ0n) is 13.2. The van der Waals surface area contributed by atoms with Gasteiger partial charge in [-0.3, -0.25) is 4.79 Å². The molecule has 2 aromatic rings. The number of benzene rings is 1. The van der Waals surface area contributed by atoms with E-state index in [4.69, 9.17) is 27.9 Å². The molecule has 0 saturated carbocycles. The van der Waals surface area contributed by atoms with E-state index in [1.54, 1.807) is 23.1 Å². The molecule has 7 heteroatoms. The van der Waals surface area contributed by atoms with Gasteiger partial charge in [-0.15, -0.1) is 11.3 Å². The van der Waals surface area contributed by atoms with E-state index < -0.39 is 5.97 Å². The highest BCUT2D eigenvalue weighted by atomic mass is 35.5. The predicted octanol–water partition coefficient (Wildman–Crippen LogP) is 4.62. The molecule has 1 saturated heterocycles. The van der Waals surface area contributed by atoms with Crippen molar-refractivity contribution < 1.29 is 14.3 Å². The third-order valence-corrected chi connectivity index (χ3v) is 5.99. The van der Waals surface area contributed by atoms with Crippen molar-refractivity contribution in [2.45, 2.75) is 19.8 Å². The van der Waals surface area contributed by atoms with Crippen LogP contribution in [0.2, 0.25) is 10.0 Å². The lowest BCUT2D eigenvalue weighted by Gasteiger charge is -2.30. The Hall–Kier alpha value is -1.30. The third kappa shape index (κ3) is 3.68. The molecule has 1 amide bonds. The van der Waals surface area contributed by atoms with Gasteiger partial charge in [-0.2, -0.15) is 0 Å². The number of carbonyl (C=O) groups excluding carboxylic acids is 2. The van der Waals surface area contributed by atoms with Gasteiger partial charge in [0.25, 0.3) is 5.91 Å². The fourth-order valence-electron chi connectivity index (χ4n) is 2.87. The highest BCUT2D eigenvalue weighted by Crippen LogP contribution is 2.37. The number of nitrogens with zero attached hydrogens (tertiary/aromatic N) is 1. The largest absolute Gasteiger partial charge is 0.451 e. The molecule has 1 aliphatic heterocycles. The molecule has 2 heterocycles. The summed E-state index contributed by atoms with van der Waals surface area (Å²) in [5, 5.41) is 1.68. The molecule has 0 bridgehead atoms. The Morgan fingerprint density at radius 1 is 1.38 bits per heavy atom. The molecule has 4 nitrogen and oxygen atoms in total. The van der Waals surface area contributed by atoms with E-state index in [1.807, 2.05) is 0 Å². The van der Waals surface area contributed by atoms with Crippen LogP contribution < -0.4 is 0 Å². The van der Waals surface area contributed by atoms with Gasteiger partial charge < -0.3 is 9.64 Å². The molecule has 1 atom stereocenters. The predicted molar refractivity (Wildman–Crippen MR) is 97.1 cm³/mol. The summed E-state index contributed by atoms with van der Waals surface area (Å²) < 4.78 is 6.00. The van der Waals surface area contributed by atoms with Gasteiger partial charge in [0.2, 0.25) is 0 Å². The van der Waals surface area contributed by atoms with Crippen LogP contribution in [0.3, 0.4) is 0 Å². The van der Waals surface area contributed by atoms with E-state index in [1.165, 1.54) is 11.3 Å². The van der Waals surface area contributed by atoms with Crippen LogP contribution in [0.5, 0.6) is 0 Å². The lowest BCUT2D eigenvalue weighted by atomic mass is 10.0. The molecule has 0 N–H and O–H groups in total. The monoisotopic (exact) mass is 385 g/mol. The molecule has 0 unspecified atom stereocenters. The molecule has 1 aliphatic rings. The maximum absolute atomic E-state index is 12.3. The van der Waals surface area contributed by atoms with Crippen molar-refractivity contribution in [2.75, 3.05) is 19.7 Å². The minimum atomic E-state index is -0.573. The summed E-state index contributed by atoms with van der Waals surface area (Å²) in [5.41, 5.74) is 0. The number of halogens is 2. The quantitative estimate of drug-likeness (QED) is 0.723. The van der Waals surface area contributed by atoms with Crippen LogP contribution in [-0.2, 0) is 9.53 Å². The number of piperidine rings is 1. The van der Waals surface area contributed by atoms with Crippen molar-refractivity contribution in [1.82, 2.24) is 4.90 Å². The van der Waals surface area contributed by atoms with Crippen LogP contribution >= 0.6 is 34.5 Å². The van der Waals surface area contributed by atoms with Crippen LogP contribution in [0.25, 0.3) is 10.1 Å². The first-order valence-corrected chi connectivity index (χ1v) is 9.35. The van der Waals surface area contributed by atoms with E-state index in [-0.39, 0.29) is 12.5 Å².